The van der Waals surface area contributed by atoms with Gasteiger partial charge in [-0.05, 0) is 66.2 Å². The molecule has 0 saturated carbocycles. The molecule has 0 fully saturated rings. The summed E-state index contributed by atoms with van der Waals surface area (Å²) in [4.78, 5) is 0. The summed E-state index contributed by atoms with van der Waals surface area (Å²) in [6.45, 7) is 16.4. The van der Waals surface area contributed by atoms with Gasteiger partial charge in [0.25, 0.3) is 0 Å². The standard InChI is InChI=1S/C20H36O2/c1-8-20(7,14-10-12-17(4)5)22-19(21)15-18(6)13-9-11-16(2)3/h8,11-12,18-19,21H,1,9-10,13-15H2,2-7H3. The largest absolute Gasteiger partial charge is 0.368 e. The SMILES string of the molecule is C=CC(C)(CCC=C(C)C)OC(O)CC(C)CCC=C(C)C. The summed E-state index contributed by atoms with van der Waals surface area (Å²) in [6.07, 6.45) is 10.1. The van der Waals surface area contributed by atoms with Crippen LogP contribution in [0.1, 0.15) is 73.6 Å². The minimum absolute atomic E-state index is 0.442. The molecule has 0 saturated heterocycles. The Morgan fingerprint density at radius 3 is 2.18 bits per heavy atom. The lowest BCUT2D eigenvalue weighted by Gasteiger charge is -2.30. The third-order valence-electron chi connectivity index (χ3n) is 3.85. The van der Waals surface area contributed by atoms with Crippen LogP contribution in [0, 0.1) is 5.92 Å². The molecule has 0 aliphatic carbocycles. The zero-order chi connectivity index (χ0) is 17.2. The first kappa shape index (κ1) is 21.1. The first-order valence-corrected chi connectivity index (χ1v) is 8.44. The predicted molar refractivity (Wildman–Crippen MR) is 96.8 cm³/mol. The maximum absolute atomic E-state index is 10.2. The Kier molecular flexibility index (Phi) is 10.4. The Labute approximate surface area is 138 Å². The molecule has 0 aromatic carbocycles. The Balaban J connectivity index is 4.28. The molecule has 0 amide bonds. The Bertz CT molecular complexity index is 373. The van der Waals surface area contributed by atoms with Gasteiger partial charge in [0.05, 0.1) is 5.60 Å². The second kappa shape index (κ2) is 10.8. The summed E-state index contributed by atoms with van der Waals surface area (Å²) in [5.41, 5.74) is 2.19. The highest BCUT2D eigenvalue weighted by Gasteiger charge is 2.24. The molecule has 0 aromatic heterocycles. The first-order valence-electron chi connectivity index (χ1n) is 8.44. The number of hydrogen-bond donors (Lipinski definition) is 1. The molecule has 3 atom stereocenters. The average Bonchev–Trinajstić information content (AvgIpc) is 2.37. The van der Waals surface area contributed by atoms with Crippen LogP contribution < -0.4 is 0 Å². The molecular weight excluding hydrogens is 272 g/mol. The summed E-state index contributed by atoms with van der Waals surface area (Å²) < 4.78 is 5.86. The van der Waals surface area contributed by atoms with Crippen LogP contribution in [-0.4, -0.2) is 17.0 Å². The highest BCUT2D eigenvalue weighted by molar-refractivity contribution is 4.99. The fraction of sp³-hybridized carbons (Fsp3) is 0.700. The van der Waals surface area contributed by atoms with Gasteiger partial charge in [-0.1, -0.05) is 36.3 Å². The number of rotatable bonds is 11. The Morgan fingerprint density at radius 1 is 1.14 bits per heavy atom. The van der Waals surface area contributed by atoms with Gasteiger partial charge in [0.1, 0.15) is 0 Å². The highest BCUT2D eigenvalue weighted by atomic mass is 16.6. The van der Waals surface area contributed by atoms with Gasteiger partial charge in [0.15, 0.2) is 6.29 Å². The van der Waals surface area contributed by atoms with Crippen molar-refractivity contribution in [3.05, 3.63) is 36.0 Å². The maximum atomic E-state index is 10.2. The molecular formula is C20H36O2. The summed E-state index contributed by atoms with van der Waals surface area (Å²) >= 11 is 0. The minimum atomic E-state index is -0.726. The molecule has 0 aliphatic heterocycles. The molecule has 2 heteroatoms. The number of allylic oxidation sites excluding steroid dienone is 4. The zero-order valence-electron chi connectivity index (χ0n) is 15.5. The normalized spacial score (nSPS) is 16.3. The minimum Gasteiger partial charge on any atom is -0.368 e. The smallest absolute Gasteiger partial charge is 0.155 e. The van der Waals surface area contributed by atoms with Crippen molar-refractivity contribution in [1.29, 1.82) is 0 Å². The highest BCUT2D eigenvalue weighted by Crippen LogP contribution is 2.24. The van der Waals surface area contributed by atoms with Crippen molar-refractivity contribution in [3.8, 4) is 0 Å². The van der Waals surface area contributed by atoms with Crippen molar-refractivity contribution < 1.29 is 9.84 Å². The van der Waals surface area contributed by atoms with Gasteiger partial charge in [-0.2, -0.15) is 0 Å². The van der Waals surface area contributed by atoms with Crippen LogP contribution in [-0.2, 0) is 4.74 Å². The topological polar surface area (TPSA) is 29.5 Å². The van der Waals surface area contributed by atoms with E-state index in [0.717, 1.165) is 25.7 Å². The van der Waals surface area contributed by atoms with E-state index >= 15 is 0 Å². The molecule has 0 aliphatic rings. The third kappa shape index (κ3) is 10.8. The molecule has 22 heavy (non-hydrogen) atoms. The van der Waals surface area contributed by atoms with Crippen molar-refractivity contribution in [3.63, 3.8) is 0 Å². The van der Waals surface area contributed by atoms with Gasteiger partial charge in [-0.3, -0.25) is 0 Å². The van der Waals surface area contributed by atoms with Crippen LogP contribution in [0.15, 0.2) is 36.0 Å². The van der Waals surface area contributed by atoms with Crippen LogP contribution in [0.3, 0.4) is 0 Å². The molecule has 0 heterocycles. The van der Waals surface area contributed by atoms with E-state index in [1.165, 1.54) is 11.1 Å². The molecule has 2 nitrogen and oxygen atoms in total. The number of hydrogen-bond acceptors (Lipinski definition) is 2. The summed E-state index contributed by atoms with van der Waals surface area (Å²) in [5.74, 6) is 0.442. The second-order valence-electron chi connectivity index (χ2n) is 7.11. The lowest BCUT2D eigenvalue weighted by Crippen LogP contribution is -2.32. The van der Waals surface area contributed by atoms with Crippen molar-refractivity contribution >= 4 is 0 Å². The van der Waals surface area contributed by atoms with Crippen LogP contribution >= 0.6 is 0 Å². The van der Waals surface area contributed by atoms with Gasteiger partial charge in [0.2, 0.25) is 0 Å². The predicted octanol–water partition coefficient (Wildman–Crippen LogP) is 5.79. The summed E-state index contributed by atoms with van der Waals surface area (Å²) in [6, 6.07) is 0. The van der Waals surface area contributed by atoms with E-state index in [2.05, 4.69) is 53.3 Å². The van der Waals surface area contributed by atoms with E-state index in [9.17, 15) is 5.11 Å². The molecule has 128 valence electrons. The van der Waals surface area contributed by atoms with E-state index in [4.69, 9.17) is 4.74 Å². The fourth-order valence-electron chi connectivity index (χ4n) is 2.33. The fourth-order valence-corrected chi connectivity index (χ4v) is 2.33. The lowest BCUT2D eigenvalue weighted by molar-refractivity contribution is -0.170. The molecule has 0 radical (unpaired) electrons. The van der Waals surface area contributed by atoms with Crippen molar-refractivity contribution in [2.24, 2.45) is 5.92 Å². The van der Waals surface area contributed by atoms with Crippen molar-refractivity contribution in [1.82, 2.24) is 0 Å². The van der Waals surface area contributed by atoms with Gasteiger partial charge in [0, 0.05) is 6.42 Å². The number of aliphatic hydroxyl groups is 1. The first-order chi connectivity index (χ1) is 10.2. The molecule has 0 spiro atoms. The van der Waals surface area contributed by atoms with Gasteiger partial charge >= 0.3 is 0 Å². The van der Waals surface area contributed by atoms with E-state index < -0.39 is 11.9 Å². The van der Waals surface area contributed by atoms with Gasteiger partial charge in [-0.15, -0.1) is 6.58 Å². The van der Waals surface area contributed by atoms with E-state index in [0.29, 0.717) is 12.3 Å². The second-order valence-corrected chi connectivity index (χ2v) is 7.11. The van der Waals surface area contributed by atoms with Gasteiger partial charge < -0.3 is 9.84 Å². The van der Waals surface area contributed by atoms with Crippen LogP contribution in [0.4, 0.5) is 0 Å². The molecule has 1 N–H and O–H groups in total. The molecule has 0 bridgehead atoms. The molecule has 0 aromatic rings. The van der Waals surface area contributed by atoms with Crippen LogP contribution in [0.25, 0.3) is 0 Å². The molecule has 3 unspecified atom stereocenters. The van der Waals surface area contributed by atoms with E-state index in [1.54, 1.807) is 0 Å². The monoisotopic (exact) mass is 308 g/mol. The molecule has 0 rings (SSSR count). The van der Waals surface area contributed by atoms with E-state index in [-0.39, 0.29) is 0 Å². The third-order valence-corrected chi connectivity index (χ3v) is 3.85. The zero-order valence-corrected chi connectivity index (χ0v) is 15.5. The average molecular weight is 309 g/mol. The number of aliphatic hydroxyl groups excluding tert-OH is 1. The van der Waals surface area contributed by atoms with Crippen LogP contribution in [0.2, 0.25) is 0 Å². The summed E-state index contributed by atoms with van der Waals surface area (Å²) in [5, 5.41) is 10.2. The van der Waals surface area contributed by atoms with Crippen LogP contribution in [0.5, 0.6) is 0 Å². The Hall–Kier alpha value is -0.860. The quantitative estimate of drug-likeness (QED) is 0.387. The lowest BCUT2D eigenvalue weighted by atomic mass is 9.97. The maximum Gasteiger partial charge on any atom is 0.155 e. The summed E-state index contributed by atoms with van der Waals surface area (Å²) in [7, 11) is 0. The Morgan fingerprint density at radius 2 is 1.68 bits per heavy atom. The number of ether oxygens (including phenoxy) is 1. The van der Waals surface area contributed by atoms with E-state index in [1.807, 2.05) is 13.0 Å². The van der Waals surface area contributed by atoms with Crippen molar-refractivity contribution in [2.75, 3.05) is 0 Å². The van der Waals surface area contributed by atoms with Gasteiger partial charge in [-0.25, -0.2) is 0 Å². The van der Waals surface area contributed by atoms with Crippen molar-refractivity contribution in [2.45, 2.75) is 85.5 Å².